The fraction of sp³-hybridized carbons (Fsp3) is 0.900. The van der Waals surface area contributed by atoms with E-state index in [-0.39, 0.29) is 24.1 Å². The number of amides is 2. The molecule has 2 saturated heterocycles. The van der Waals surface area contributed by atoms with Crippen LogP contribution in [0.15, 0.2) is 0 Å². The van der Waals surface area contributed by atoms with Gasteiger partial charge in [-0.15, -0.1) is 0 Å². The second-order valence-corrected chi connectivity index (χ2v) is 8.67. The van der Waals surface area contributed by atoms with Gasteiger partial charge in [-0.1, -0.05) is 13.3 Å². The highest BCUT2D eigenvalue weighted by atomic mass is 16.5. The fourth-order valence-electron chi connectivity index (χ4n) is 5.20. The van der Waals surface area contributed by atoms with Gasteiger partial charge in [0.15, 0.2) is 0 Å². The molecule has 2 heterocycles. The summed E-state index contributed by atoms with van der Waals surface area (Å²) in [6.07, 6.45) is 8.88. The summed E-state index contributed by atoms with van der Waals surface area (Å²) in [7, 11) is 0. The highest BCUT2D eigenvalue weighted by molar-refractivity contribution is 5.76. The van der Waals surface area contributed by atoms with Gasteiger partial charge in [0.2, 0.25) is 5.91 Å². The summed E-state index contributed by atoms with van der Waals surface area (Å²) >= 11 is 0. The average Bonchev–Trinajstić information content (AvgIpc) is 2.56. The Labute approximate surface area is 151 Å². The second-order valence-electron chi connectivity index (χ2n) is 8.67. The van der Waals surface area contributed by atoms with Gasteiger partial charge in [-0.25, -0.2) is 4.79 Å². The Balaban J connectivity index is 1.66. The molecule has 2 amide bonds. The maximum absolute atomic E-state index is 12.5. The Morgan fingerprint density at radius 1 is 0.920 bits per heavy atom. The van der Waals surface area contributed by atoms with Crippen LogP contribution >= 0.6 is 0 Å². The fourth-order valence-corrected chi connectivity index (χ4v) is 5.20. The molecular formula is C20H34N2O3. The molecule has 0 spiro atoms. The summed E-state index contributed by atoms with van der Waals surface area (Å²) in [6.45, 7) is 4.91. The van der Waals surface area contributed by atoms with Crippen LogP contribution in [0.4, 0.5) is 4.79 Å². The van der Waals surface area contributed by atoms with E-state index in [2.05, 4.69) is 24.5 Å². The van der Waals surface area contributed by atoms with Crippen LogP contribution in [0.3, 0.4) is 0 Å². The Bertz CT molecular complexity index is 482. The number of rotatable bonds is 0. The number of carbonyl (C=O) groups excluding carboxylic acids is 2. The van der Waals surface area contributed by atoms with Gasteiger partial charge in [0.25, 0.3) is 0 Å². The molecule has 5 nitrogen and oxygen atoms in total. The Hall–Kier alpha value is -1.26. The zero-order valence-corrected chi connectivity index (χ0v) is 15.8. The van der Waals surface area contributed by atoms with Crippen molar-refractivity contribution >= 4 is 12.0 Å². The minimum atomic E-state index is -0.268. The molecule has 0 radical (unpaired) electrons. The van der Waals surface area contributed by atoms with E-state index < -0.39 is 0 Å². The molecule has 4 bridgehead atoms. The number of ether oxygens (including phenoxy) is 1. The van der Waals surface area contributed by atoms with Gasteiger partial charge < -0.3 is 15.4 Å². The van der Waals surface area contributed by atoms with Crippen molar-refractivity contribution in [3.05, 3.63) is 0 Å². The van der Waals surface area contributed by atoms with Gasteiger partial charge >= 0.3 is 6.09 Å². The molecule has 2 saturated carbocycles. The number of alkyl carbamates (subject to hydrolysis) is 1. The van der Waals surface area contributed by atoms with E-state index in [4.69, 9.17) is 4.74 Å². The summed E-state index contributed by atoms with van der Waals surface area (Å²) in [5, 5.41) is 6.28. The highest BCUT2D eigenvalue weighted by Gasteiger charge is 2.31. The maximum Gasteiger partial charge on any atom is 0.407 e. The van der Waals surface area contributed by atoms with Crippen LogP contribution in [0.5, 0.6) is 0 Å². The molecule has 4 aliphatic rings. The number of nitrogens with one attached hydrogen (secondary N) is 2. The molecule has 2 N–H and O–H groups in total. The van der Waals surface area contributed by atoms with E-state index in [1.807, 2.05) is 0 Å². The molecule has 2 aliphatic carbocycles. The van der Waals surface area contributed by atoms with Crippen LogP contribution in [0.1, 0.15) is 71.6 Å². The summed E-state index contributed by atoms with van der Waals surface area (Å²) in [6, 6.07) is 0.351. The van der Waals surface area contributed by atoms with Crippen molar-refractivity contribution < 1.29 is 14.3 Å². The molecule has 25 heavy (non-hydrogen) atoms. The number of hydrogen-bond donors (Lipinski definition) is 2. The summed E-state index contributed by atoms with van der Waals surface area (Å²) < 4.78 is 5.46. The summed E-state index contributed by atoms with van der Waals surface area (Å²) in [5.41, 5.74) is 0. The number of fused-ring (bicyclic) bond motifs is 9. The van der Waals surface area contributed by atoms with Crippen LogP contribution in [-0.4, -0.2) is 30.7 Å². The maximum atomic E-state index is 12.5. The van der Waals surface area contributed by atoms with Crippen molar-refractivity contribution in [2.45, 2.75) is 83.7 Å². The lowest BCUT2D eigenvalue weighted by Gasteiger charge is -2.36. The molecule has 0 aromatic heterocycles. The van der Waals surface area contributed by atoms with Crippen molar-refractivity contribution in [3.63, 3.8) is 0 Å². The third kappa shape index (κ3) is 5.11. The molecule has 0 aromatic rings. The molecule has 4 rings (SSSR count). The molecule has 6 atom stereocenters. The lowest BCUT2D eigenvalue weighted by molar-refractivity contribution is -0.123. The van der Waals surface area contributed by atoms with Gasteiger partial charge in [0.1, 0.15) is 0 Å². The monoisotopic (exact) mass is 350 g/mol. The number of carbonyl (C=O) groups is 2. The minimum Gasteiger partial charge on any atom is -0.450 e. The molecular weight excluding hydrogens is 316 g/mol. The summed E-state index contributed by atoms with van der Waals surface area (Å²) in [5.74, 6) is 2.37. The van der Waals surface area contributed by atoms with Gasteiger partial charge in [-0.05, 0) is 75.5 Å². The first-order chi connectivity index (χ1) is 12.0. The average molecular weight is 351 g/mol. The van der Waals surface area contributed by atoms with Gasteiger partial charge in [-0.3, -0.25) is 4.79 Å². The zero-order valence-electron chi connectivity index (χ0n) is 15.8. The van der Waals surface area contributed by atoms with Crippen molar-refractivity contribution in [1.82, 2.24) is 10.6 Å². The van der Waals surface area contributed by atoms with E-state index in [0.717, 1.165) is 51.4 Å². The van der Waals surface area contributed by atoms with Crippen LogP contribution in [0.2, 0.25) is 0 Å². The second kappa shape index (κ2) is 8.41. The predicted molar refractivity (Wildman–Crippen MR) is 97.1 cm³/mol. The Kier molecular flexibility index (Phi) is 6.24. The Morgan fingerprint density at radius 3 is 2.56 bits per heavy atom. The van der Waals surface area contributed by atoms with Crippen LogP contribution in [0, 0.1) is 23.7 Å². The Morgan fingerprint density at radius 2 is 1.76 bits per heavy atom. The van der Waals surface area contributed by atoms with Gasteiger partial charge in [-0.2, -0.15) is 0 Å². The predicted octanol–water partition coefficient (Wildman–Crippen LogP) is 3.62. The standard InChI is InChI=1S/C20H34N2O3/c1-13-10-15-6-7-16(13)8-9-25-20(24)22-18-5-3-4-17(12-18)14(2)21-19(23)11-15/h13-18H,3-12H2,1-2H3,(H,21,23)(H,22,24)/t13-,14-,15-,16-,17-,18-/m1/s1. The third-order valence-electron chi connectivity index (χ3n) is 6.78. The SMILES string of the molecule is C[C@@H]1C[C@H]2CC[C@@H]1CCOC(=O)N[C@@H]1CCC[C@H](C1)[C@@H](C)NC(=O)C2. The van der Waals surface area contributed by atoms with Crippen molar-refractivity contribution in [2.75, 3.05) is 6.61 Å². The first kappa shape index (κ1) is 18.5. The first-order valence-corrected chi connectivity index (χ1v) is 10.2. The molecule has 2 aliphatic heterocycles. The van der Waals surface area contributed by atoms with Crippen LogP contribution < -0.4 is 10.6 Å². The quantitative estimate of drug-likeness (QED) is 0.701. The van der Waals surface area contributed by atoms with E-state index in [1.165, 1.54) is 0 Å². The largest absolute Gasteiger partial charge is 0.450 e. The van der Waals surface area contributed by atoms with Gasteiger partial charge in [0.05, 0.1) is 6.61 Å². The highest BCUT2D eigenvalue weighted by Crippen LogP contribution is 2.37. The van der Waals surface area contributed by atoms with E-state index in [9.17, 15) is 9.59 Å². The van der Waals surface area contributed by atoms with Crippen molar-refractivity contribution in [1.29, 1.82) is 0 Å². The summed E-state index contributed by atoms with van der Waals surface area (Å²) in [4.78, 5) is 24.6. The number of hydrogen-bond acceptors (Lipinski definition) is 3. The normalized spacial score (nSPS) is 40.7. The molecule has 0 aromatic carbocycles. The van der Waals surface area contributed by atoms with E-state index in [1.54, 1.807) is 0 Å². The lowest BCUT2D eigenvalue weighted by atomic mass is 9.72. The zero-order chi connectivity index (χ0) is 17.8. The third-order valence-corrected chi connectivity index (χ3v) is 6.78. The molecule has 142 valence electrons. The first-order valence-electron chi connectivity index (χ1n) is 10.2. The van der Waals surface area contributed by atoms with Crippen LogP contribution in [0.25, 0.3) is 0 Å². The molecule has 0 unspecified atom stereocenters. The molecule has 5 heteroatoms. The van der Waals surface area contributed by atoms with Crippen molar-refractivity contribution in [3.8, 4) is 0 Å². The molecule has 4 fully saturated rings. The smallest absolute Gasteiger partial charge is 0.407 e. The van der Waals surface area contributed by atoms with Crippen molar-refractivity contribution in [2.24, 2.45) is 23.7 Å². The minimum absolute atomic E-state index is 0.175. The van der Waals surface area contributed by atoms with E-state index in [0.29, 0.717) is 36.7 Å². The van der Waals surface area contributed by atoms with E-state index >= 15 is 0 Å². The topological polar surface area (TPSA) is 67.4 Å². The lowest BCUT2D eigenvalue weighted by Crippen LogP contribution is -2.45. The van der Waals surface area contributed by atoms with Crippen LogP contribution in [-0.2, 0) is 9.53 Å². The van der Waals surface area contributed by atoms with Gasteiger partial charge in [0, 0.05) is 18.5 Å².